The second kappa shape index (κ2) is 7.20. The number of aromatic hydroxyl groups is 5. The van der Waals surface area contributed by atoms with E-state index < -0.39 is 40.3 Å². The summed E-state index contributed by atoms with van der Waals surface area (Å²) >= 11 is 0. The van der Waals surface area contributed by atoms with Gasteiger partial charge in [-0.15, -0.1) is 0 Å². The quantitative estimate of drug-likeness (QED) is 0.176. The summed E-state index contributed by atoms with van der Waals surface area (Å²) in [5.41, 5.74) is -0.0269. The Morgan fingerprint density at radius 1 is 0.818 bits per heavy atom. The summed E-state index contributed by atoms with van der Waals surface area (Å²) in [4.78, 5) is 25.3. The van der Waals surface area contributed by atoms with Gasteiger partial charge in [-0.05, 0) is 35.9 Å². The van der Waals surface area contributed by atoms with Gasteiger partial charge < -0.3 is 34.7 Å². The van der Waals surface area contributed by atoms with Gasteiger partial charge in [-0.3, -0.25) is 9.59 Å². The van der Waals surface area contributed by atoms with Crippen LogP contribution in [0.5, 0.6) is 34.5 Å². The van der Waals surface area contributed by atoms with E-state index >= 15 is 0 Å². The second-order valence-corrected chi connectivity index (χ2v) is 7.65. The molecule has 9 nitrogen and oxygen atoms in total. The molecule has 1 aromatic heterocycles. The van der Waals surface area contributed by atoms with Gasteiger partial charge in [0.15, 0.2) is 17.3 Å². The highest BCUT2D eigenvalue weighted by molar-refractivity contribution is 5.94. The van der Waals surface area contributed by atoms with Crippen molar-refractivity contribution in [3.63, 3.8) is 0 Å². The van der Waals surface area contributed by atoms with Gasteiger partial charge in [0.05, 0.1) is 6.42 Å². The van der Waals surface area contributed by atoms with Gasteiger partial charge in [-0.25, -0.2) is 0 Å². The molecule has 9 heteroatoms. The number of fused-ring (bicyclic) bond motifs is 3. The maximum atomic E-state index is 13.0. The minimum absolute atomic E-state index is 0.0114. The number of carbonyl (C=O) groups excluding carboxylic acids is 1. The Morgan fingerprint density at radius 3 is 2.24 bits per heavy atom. The number of phenols is 4. The number of benzene rings is 3. The van der Waals surface area contributed by atoms with Gasteiger partial charge in [0.1, 0.15) is 28.2 Å². The Bertz CT molecular complexity index is 1500. The average Bonchev–Trinajstić information content (AvgIpc) is 2.77. The Hall–Kier alpha value is -4.66. The molecule has 1 aliphatic heterocycles. The molecule has 33 heavy (non-hydrogen) atoms. The van der Waals surface area contributed by atoms with Crippen LogP contribution in [0.4, 0.5) is 0 Å². The van der Waals surface area contributed by atoms with Crippen molar-refractivity contribution in [2.75, 3.05) is 0 Å². The van der Waals surface area contributed by atoms with Crippen molar-refractivity contribution in [3.05, 3.63) is 69.9 Å². The molecule has 0 unspecified atom stereocenters. The number of carbonyl (C=O) groups is 1. The van der Waals surface area contributed by atoms with E-state index in [1.165, 1.54) is 18.2 Å². The number of rotatable bonds is 2. The Morgan fingerprint density at radius 2 is 1.55 bits per heavy atom. The number of phenolic OH excluding ortho intramolecular Hbond substituents is 4. The smallest absolute Gasteiger partial charge is 0.312 e. The summed E-state index contributed by atoms with van der Waals surface area (Å²) in [7, 11) is 0. The SMILES string of the molecule is O=C1C[C@@H](c2ccc(O)cc2)c2c(cc(O)c3c(=O)c(O)c(-c4ccc(O)c(O)c4)oc23)O1. The van der Waals surface area contributed by atoms with Crippen LogP contribution in [0.2, 0.25) is 0 Å². The van der Waals surface area contributed by atoms with E-state index in [9.17, 15) is 35.1 Å². The molecule has 4 aromatic rings. The minimum atomic E-state index is -0.930. The molecule has 0 spiro atoms. The van der Waals surface area contributed by atoms with Crippen LogP contribution < -0.4 is 10.2 Å². The number of hydrogen-bond donors (Lipinski definition) is 5. The van der Waals surface area contributed by atoms with Crippen LogP contribution in [0.3, 0.4) is 0 Å². The summed E-state index contributed by atoms with van der Waals surface area (Å²) < 4.78 is 11.2. The lowest BCUT2D eigenvalue weighted by Gasteiger charge is -2.26. The zero-order valence-corrected chi connectivity index (χ0v) is 16.8. The van der Waals surface area contributed by atoms with Gasteiger partial charge in [0.2, 0.25) is 11.2 Å². The number of esters is 1. The third-order valence-electron chi connectivity index (χ3n) is 5.60. The van der Waals surface area contributed by atoms with Crippen molar-refractivity contribution < 1.29 is 39.5 Å². The zero-order chi connectivity index (χ0) is 23.4. The molecular formula is C24H16O9. The molecule has 0 amide bonds. The first-order chi connectivity index (χ1) is 15.7. The minimum Gasteiger partial charge on any atom is -0.508 e. The van der Waals surface area contributed by atoms with Crippen LogP contribution in [-0.2, 0) is 4.79 Å². The largest absolute Gasteiger partial charge is 0.508 e. The van der Waals surface area contributed by atoms with E-state index in [1.54, 1.807) is 12.1 Å². The Balaban J connectivity index is 1.85. The summed E-state index contributed by atoms with van der Waals surface area (Å²) in [6.07, 6.45) is -0.0996. The van der Waals surface area contributed by atoms with Crippen molar-refractivity contribution >= 4 is 16.9 Å². The van der Waals surface area contributed by atoms with Crippen LogP contribution in [0.15, 0.2) is 57.7 Å². The highest BCUT2D eigenvalue weighted by Gasteiger charge is 2.34. The molecule has 0 fully saturated rings. The molecule has 3 aromatic carbocycles. The molecule has 5 N–H and O–H groups in total. The molecule has 1 aliphatic rings. The van der Waals surface area contributed by atoms with E-state index in [0.29, 0.717) is 11.1 Å². The fourth-order valence-electron chi connectivity index (χ4n) is 4.03. The Labute approximate surface area is 185 Å². The molecule has 5 rings (SSSR count). The van der Waals surface area contributed by atoms with E-state index in [2.05, 4.69) is 0 Å². The van der Waals surface area contributed by atoms with Crippen LogP contribution >= 0.6 is 0 Å². The first kappa shape index (κ1) is 20.3. The summed E-state index contributed by atoms with van der Waals surface area (Å²) in [6.45, 7) is 0. The predicted octanol–water partition coefficient (Wildman–Crippen LogP) is 3.43. The molecule has 0 saturated heterocycles. The summed E-state index contributed by atoms with van der Waals surface area (Å²) in [5.74, 6) is -3.76. The fraction of sp³-hybridized carbons (Fsp3) is 0.0833. The van der Waals surface area contributed by atoms with Crippen LogP contribution in [0.1, 0.15) is 23.5 Å². The lowest BCUT2D eigenvalue weighted by atomic mass is 9.85. The normalized spacial score (nSPS) is 15.3. The third-order valence-corrected chi connectivity index (χ3v) is 5.60. The van der Waals surface area contributed by atoms with Gasteiger partial charge in [0.25, 0.3) is 0 Å². The lowest BCUT2D eigenvalue weighted by molar-refractivity contribution is -0.135. The van der Waals surface area contributed by atoms with Crippen LogP contribution in [-0.4, -0.2) is 31.5 Å². The third kappa shape index (κ3) is 3.18. The lowest BCUT2D eigenvalue weighted by Crippen LogP contribution is -2.22. The molecule has 166 valence electrons. The molecule has 2 heterocycles. The van der Waals surface area contributed by atoms with Gasteiger partial charge in [-0.2, -0.15) is 0 Å². The molecular weight excluding hydrogens is 432 g/mol. The zero-order valence-electron chi connectivity index (χ0n) is 16.8. The van der Waals surface area contributed by atoms with Crippen molar-refractivity contribution in [3.8, 4) is 45.8 Å². The van der Waals surface area contributed by atoms with Crippen molar-refractivity contribution in [1.82, 2.24) is 0 Å². The monoisotopic (exact) mass is 448 g/mol. The highest BCUT2D eigenvalue weighted by atomic mass is 16.5. The van der Waals surface area contributed by atoms with Crippen molar-refractivity contribution in [2.24, 2.45) is 0 Å². The van der Waals surface area contributed by atoms with E-state index in [-0.39, 0.29) is 40.2 Å². The first-order valence-electron chi connectivity index (χ1n) is 9.82. The summed E-state index contributed by atoms with van der Waals surface area (Å²) in [5, 5.41) is 49.8. The molecule has 0 radical (unpaired) electrons. The second-order valence-electron chi connectivity index (χ2n) is 7.65. The van der Waals surface area contributed by atoms with E-state index in [0.717, 1.165) is 18.2 Å². The van der Waals surface area contributed by atoms with Gasteiger partial charge in [0, 0.05) is 23.1 Å². The topological polar surface area (TPSA) is 158 Å². The molecule has 0 aliphatic carbocycles. The van der Waals surface area contributed by atoms with E-state index in [4.69, 9.17) is 9.15 Å². The molecule has 0 saturated carbocycles. The number of hydrogen-bond acceptors (Lipinski definition) is 9. The maximum Gasteiger partial charge on any atom is 0.312 e. The average molecular weight is 448 g/mol. The predicted molar refractivity (Wildman–Crippen MR) is 115 cm³/mol. The van der Waals surface area contributed by atoms with Gasteiger partial charge in [-0.1, -0.05) is 12.1 Å². The van der Waals surface area contributed by atoms with Crippen LogP contribution in [0.25, 0.3) is 22.3 Å². The van der Waals surface area contributed by atoms with Crippen LogP contribution in [0, 0.1) is 0 Å². The highest BCUT2D eigenvalue weighted by Crippen LogP contribution is 2.47. The molecule has 0 bridgehead atoms. The maximum absolute atomic E-state index is 13.0. The molecule has 1 atom stereocenters. The van der Waals surface area contributed by atoms with Crippen molar-refractivity contribution in [2.45, 2.75) is 12.3 Å². The number of ether oxygens (including phenoxy) is 1. The first-order valence-corrected chi connectivity index (χ1v) is 9.82. The Kier molecular flexibility index (Phi) is 4.42. The fourth-order valence-corrected chi connectivity index (χ4v) is 4.03. The van der Waals surface area contributed by atoms with Crippen molar-refractivity contribution in [1.29, 1.82) is 0 Å². The summed E-state index contributed by atoms with van der Waals surface area (Å²) in [6, 6.07) is 10.8. The standard InChI is InChI=1S/C24H16O9/c25-12-4-1-10(2-5-12)13-8-18(29)32-17-9-16(28)20-21(30)22(31)23(33-24(20)19(13)17)11-3-6-14(26)15(27)7-11/h1-7,9,13,25-28,31H,8H2/t13-/m0/s1. The van der Waals surface area contributed by atoms with Gasteiger partial charge >= 0.3 is 5.97 Å². The van der Waals surface area contributed by atoms with E-state index in [1.807, 2.05) is 0 Å².